The number of hydrogen-bond acceptors (Lipinski definition) is 1. The third-order valence-corrected chi connectivity index (χ3v) is 5.62. The van der Waals surface area contributed by atoms with Crippen molar-refractivity contribution >= 4 is 35.8 Å². The van der Waals surface area contributed by atoms with E-state index >= 15 is 0 Å². The van der Waals surface area contributed by atoms with Crippen molar-refractivity contribution in [3.63, 3.8) is 0 Å². The third-order valence-electron chi connectivity index (χ3n) is 5.62. The SMILES string of the molecule is C=Cc1cccc(/C(=C(\C)C(=O)O)c2cccc(C=C)c2CC)c1C=C.C=Cc1ccccc1. The molecular weight excluding hydrogens is 416 g/mol. The Morgan fingerprint density at radius 1 is 0.765 bits per heavy atom. The van der Waals surface area contributed by atoms with Gasteiger partial charge in [0.2, 0.25) is 0 Å². The summed E-state index contributed by atoms with van der Waals surface area (Å²) in [7, 11) is 0. The number of hydrogen-bond donors (Lipinski definition) is 1. The number of benzene rings is 3. The molecule has 0 heterocycles. The summed E-state index contributed by atoms with van der Waals surface area (Å²) in [4.78, 5) is 11.9. The Hall–Kier alpha value is -4.17. The number of carboxylic acid groups (broad SMARTS) is 1. The maximum absolute atomic E-state index is 11.9. The second-order valence-electron chi connectivity index (χ2n) is 7.57. The summed E-state index contributed by atoms with van der Waals surface area (Å²) in [5, 5.41) is 9.73. The van der Waals surface area contributed by atoms with Crippen LogP contribution in [0.1, 0.15) is 52.8 Å². The molecule has 0 amide bonds. The number of aliphatic carboxylic acids is 1. The van der Waals surface area contributed by atoms with Gasteiger partial charge in [-0.15, -0.1) is 0 Å². The Balaban J connectivity index is 0.000000430. The van der Waals surface area contributed by atoms with Gasteiger partial charge in [0.25, 0.3) is 0 Å². The highest BCUT2D eigenvalue weighted by Gasteiger charge is 2.20. The molecule has 0 spiro atoms. The minimum absolute atomic E-state index is 0.297. The van der Waals surface area contributed by atoms with Crippen LogP contribution in [0.3, 0.4) is 0 Å². The molecule has 0 aliphatic heterocycles. The van der Waals surface area contributed by atoms with Gasteiger partial charge in [-0.25, -0.2) is 4.79 Å². The van der Waals surface area contributed by atoms with Crippen LogP contribution in [0.15, 0.2) is 98.6 Å². The maximum Gasteiger partial charge on any atom is 0.331 e. The average molecular weight is 449 g/mol. The zero-order chi connectivity index (χ0) is 25.1. The topological polar surface area (TPSA) is 37.3 Å². The highest BCUT2D eigenvalue weighted by atomic mass is 16.4. The van der Waals surface area contributed by atoms with Crippen LogP contribution in [0, 0.1) is 0 Å². The largest absolute Gasteiger partial charge is 0.478 e. The zero-order valence-corrected chi connectivity index (χ0v) is 20.1. The van der Waals surface area contributed by atoms with Crippen molar-refractivity contribution in [1.82, 2.24) is 0 Å². The molecule has 172 valence electrons. The third kappa shape index (κ3) is 5.99. The summed E-state index contributed by atoms with van der Waals surface area (Å²) >= 11 is 0. The normalized spacial score (nSPS) is 10.8. The maximum atomic E-state index is 11.9. The molecule has 0 saturated carbocycles. The predicted octanol–water partition coefficient (Wildman–Crippen LogP) is 8.41. The van der Waals surface area contributed by atoms with Crippen molar-refractivity contribution in [2.24, 2.45) is 0 Å². The summed E-state index contributed by atoms with van der Waals surface area (Å²) in [6, 6.07) is 21.7. The van der Waals surface area contributed by atoms with E-state index in [0.29, 0.717) is 11.1 Å². The second-order valence-corrected chi connectivity index (χ2v) is 7.57. The van der Waals surface area contributed by atoms with Crippen LogP contribution in [0.2, 0.25) is 0 Å². The van der Waals surface area contributed by atoms with Gasteiger partial charge in [0, 0.05) is 5.57 Å². The lowest BCUT2D eigenvalue weighted by Gasteiger charge is -2.19. The van der Waals surface area contributed by atoms with E-state index < -0.39 is 5.97 Å². The van der Waals surface area contributed by atoms with Gasteiger partial charge in [0.05, 0.1) is 0 Å². The highest BCUT2D eigenvalue weighted by Crippen LogP contribution is 2.35. The van der Waals surface area contributed by atoms with E-state index in [0.717, 1.165) is 39.8 Å². The molecule has 1 N–H and O–H groups in total. The van der Waals surface area contributed by atoms with Crippen molar-refractivity contribution in [2.45, 2.75) is 20.3 Å². The summed E-state index contributed by atoms with van der Waals surface area (Å²) < 4.78 is 0. The average Bonchev–Trinajstić information content (AvgIpc) is 2.88. The summed E-state index contributed by atoms with van der Waals surface area (Å²) in [5.41, 5.74) is 7.82. The van der Waals surface area contributed by atoms with Crippen molar-refractivity contribution in [3.05, 3.63) is 138 Å². The smallest absolute Gasteiger partial charge is 0.331 e. The Morgan fingerprint density at radius 3 is 1.82 bits per heavy atom. The lowest BCUT2D eigenvalue weighted by Crippen LogP contribution is -2.06. The predicted molar refractivity (Wildman–Crippen MR) is 148 cm³/mol. The molecule has 0 bridgehead atoms. The van der Waals surface area contributed by atoms with E-state index in [1.807, 2.05) is 78.9 Å². The van der Waals surface area contributed by atoms with Crippen LogP contribution in [-0.4, -0.2) is 11.1 Å². The van der Waals surface area contributed by atoms with Crippen LogP contribution in [-0.2, 0) is 11.2 Å². The number of carboxylic acids is 1. The number of carbonyl (C=O) groups is 1. The Morgan fingerprint density at radius 2 is 1.35 bits per heavy atom. The first-order valence-corrected chi connectivity index (χ1v) is 11.2. The van der Waals surface area contributed by atoms with E-state index in [4.69, 9.17) is 0 Å². The van der Waals surface area contributed by atoms with Crippen molar-refractivity contribution in [3.8, 4) is 0 Å². The van der Waals surface area contributed by atoms with Gasteiger partial charge in [-0.3, -0.25) is 0 Å². The van der Waals surface area contributed by atoms with Gasteiger partial charge in [-0.1, -0.05) is 124 Å². The highest BCUT2D eigenvalue weighted by molar-refractivity contribution is 6.02. The zero-order valence-electron chi connectivity index (χ0n) is 20.1. The first-order chi connectivity index (χ1) is 16.4. The summed E-state index contributed by atoms with van der Waals surface area (Å²) in [6.07, 6.45) is 7.93. The first-order valence-electron chi connectivity index (χ1n) is 11.2. The molecule has 3 rings (SSSR count). The fourth-order valence-electron chi connectivity index (χ4n) is 3.88. The molecule has 0 saturated heterocycles. The number of rotatable bonds is 8. The standard InChI is InChI=1S/C24H24O2.C8H8/c1-6-17-12-10-14-21(19(17)8-3)23(16(5)24(25)26)22-15-11-13-18(7-2)20(22)9-4;1-2-8-6-4-3-5-7-8/h6-8,10-15H,1-3,9H2,4-5H3,(H,25,26);2-7H,1H2/b23-16-;. The minimum Gasteiger partial charge on any atom is -0.478 e. The van der Waals surface area contributed by atoms with Crippen LogP contribution < -0.4 is 0 Å². The monoisotopic (exact) mass is 448 g/mol. The molecule has 0 atom stereocenters. The summed E-state index contributed by atoms with van der Waals surface area (Å²) in [5.74, 6) is -0.940. The lowest BCUT2D eigenvalue weighted by atomic mass is 9.84. The molecule has 3 aromatic rings. The van der Waals surface area contributed by atoms with Crippen LogP contribution in [0.25, 0.3) is 29.9 Å². The lowest BCUT2D eigenvalue weighted by molar-refractivity contribution is -0.132. The molecule has 0 radical (unpaired) electrons. The molecule has 0 unspecified atom stereocenters. The van der Waals surface area contributed by atoms with Crippen LogP contribution in [0.5, 0.6) is 0 Å². The van der Waals surface area contributed by atoms with Gasteiger partial charge in [-0.2, -0.15) is 0 Å². The van der Waals surface area contributed by atoms with Gasteiger partial charge in [-0.05, 0) is 57.9 Å². The van der Waals surface area contributed by atoms with Gasteiger partial charge >= 0.3 is 5.97 Å². The quantitative estimate of drug-likeness (QED) is 0.351. The molecule has 34 heavy (non-hydrogen) atoms. The van der Waals surface area contributed by atoms with E-state index in [9.17, 15) is 9.90 Å². The molecule has 0 aliphatic carbocycles. The first kappa shape index (κ1) is 26.1. The van der Waals surface area contributed by atoms with Crippen LogP contribution in [0.4, 0.5) is 0 Å². The van der Waals surface area contributed by atoms with E-state index in [1.54, 1.807) is 19.1 Å². The summed E-state index contributed by atoms with van der Waals surface area (Å²) in [6.45, 7) is 19.0. The van der Waals surface area contributed by atoms with E-state index in [-0.39, 0.29) is 0 Å². The van der Waals surface area contributed by atoms with E-state index in [1.165, 1.54) is 5.56 Å². The van der Waals surface area contributed by atoms with Crippen molar-refractivity contribution < 1.29 is 9.90 Å². The van der Waals surface area contributed by atoms with Crippen LogP contribution >= 0.6 is 0 Å². The Labute approximate surface area is 203 Å². The fourth-order valence-corrected chi connectivity index (χ4v) is 3.88. The van der Waals surface area contributed by atoms with Gasteiger partial charge in [0.15, 0.2) is 0 Å². The molecule has 0 aromatic heterocycles. The van der Waals surface area contributed by atoms with Crippen molar-refractivity contribution in [2.75, 3.05) is 0 Å². The fraction of sp³-hybridized carbons (Fsp3) is 0.0938. The molecular formula is C32H32O2. The Bertz CT molecular complexity index is 1230. The van der Waals surface area contributed by atoms with Gasteiger partial charge < -0.3 is 5.11 Å². The molecule has 3 aromatic carbocycles. The molecule has 2 heteroatoms. The molecule has 2 nitrogen and oxygen atoms in total. The van der Waals surface area contributed by atoms with E-state index in [2.05, 4.69) is 33.2 Å². The van der Waals surface area contributed by atoms with Crippen molar-refractivity contribution in [1.29, 1.82) is 0 Å². The Kier molecular flexibility index (Phi) is 9.79. The second kappa shape index (κ2) is 12.8. The van der Waals surface area contributed by atoms with Gasteiger partial charge in [0.1, 0.15) is 0 Å². The molecule has 0 fully saturated rings. The minimum atomic E-state index is -0.940. The molecule has 0 aliphatic rings.